The van der Waals surface area contributed by atoms with Crippen LogP contribution in [0, 0.1) is 12.8 Å². The lowest BCUT2D eigenvalue weighted by atomic mass is 10.1. The third-order valence-electron chi connectivity index (χ3n) is 2.53. The molecule has 0 aromatic heterocycles. The molecule has 1 aromatic rings. The fraction of sp³-hybridized carbons (Fsp3) is 0.500. The molecule has 1 N–H and O–H groups in total. The van der Waals surface area contributed by atoms with Gasteiger partial charge in [-0.1, -0.05) is 35.8 Å². The number of hydrogen-bond acceptors (Lipinski definition) is 2. The zero-order chi connectivity index (χ0) is 13.7. The minimum Gasteiger partial charge on any atom is -0.492 e. The lowest BCUT2D eigenvalue weighted by Crippen LogP contribution is -2.27. The number of benzene rings is 1. The average molecular weight is 314 g/mol. The average Bonchev–Trinajstić information content (AvgIpc) is 2.31. The molecule has 1 rings (SSSR count). The van der Waals surface area contributed by atoms with Crippen LogP contribution in [0.3, 0.4) is 0 Å². The second-order valence-electron chi connectivity index (χ2n) is 4.57. The van der Waals surface area contributed by atoms with Crippen molar-refractivity contribution in [2.45, 2.75) is 32.5 Å². The number of alkyl halides is 1. The van der Waals surface area contributed by atoms with Gasteiger partial charge in [-0.05, 0) is 37.5 Å². The molecule has 1 aromatic carbocycles. The quantitative estimate of drug-likeness (QED) is 0.841. The van der Waals surface area contributed by atoms with E-state index in [4.69, 9.17) is 4.74 Å². The second-order valence-corrected chi connectivity index (χ2v) is 5.55. The Labute approximate surface area is 117 Å². The largest absolute Gasteiger partial charge is 0.492 e. The highest BCUT2D eigenvalue weighted by atomic mass is 79.9. The van der Waals surface area contributed by atoms with Crippen LogP contribution in [0.1, 0.15) is 26.3 Å². The third-order valence-corrected chi connectivity index (χ3v) is 4.00. The van der Waals surface area contributed by atoms with Crippen molar-refractivity contribution in [3.05, 3.63) is 23.8 Å². The Morgan fingerprint density at radius 1 is 1.44 bits per heavy atom. The maximum Gasteiger partial charge on any atom is 0.238 e. The van der Waals surface area contributed by atoms with Crippen LogP contribution >= 0.6 is 15.9 Å². The van der Waals surface area contributed by atoms with Crippen molar-refractivity contribution >= 4 is 27.5 Å². The monoisotopic (exact) mass is 313 g/mol. The van der Waals surface area contributed by atoms with Crippen molar-refractivity contribution in [2.75, 3.05) is 11.9 Å². The van der Waals surface area contributed by atoms with Crippen molar-refractivity contribution in [3.8, 4) is 5.75 Å². The van der Waals surface area contributed by atoms with Crippen molar-refractivity contribution in [2.24, 2.45) is 5.92 Å². The molecule has 0 radical (unpaired) electrons. The van der Waals surface area contributed by atoms with Crippen LogP contribution < -0.4 is 10.1 Å². The molecule has 0 spiro atoms. The summed E-state index contributed by atoms with van der Waals surface area (Å²) in [5.74, 6) is 0.912. The lowest BCUT2D eigenvalue weighted by Gasteiger charge is -2.16. The topological polar surface area (TPSA) is 38.3 Å². The summed E-state index contributed by atoms with van der Waals surface area (Å²) in [5.41, 5.74) is 1.83. The molecule has 18 heavy (non-hydrogen) atoms. The Morgan fingerprint density at radius 3 is 2.67 bits per heavy atom. The van der Waals surface area contributed by atoms with E-state index in [0.717, 1.165) is 11.3 Å². The van der Waals surface area contributed by atoms with Crippen LogP contribution in [0.15, 0.2) is 18.2 Å². The summed E-state index contributed by atoms with van der Waals surface area (Å²) in [6.45, 7) is 8.49. The summed E-state index contributed by atoms with van der Waals surface area (Å²) in [6, 6.07) is 5.76. The second kappa shape index (κ2) is 6.78. The molecule has 0 saturated heterocycles. The first-order chi connectivity index (χ1) is 8.45. The summed E-state index contributed by atoms with van der Waals surface area (Å²) in [4.78, 5) is 11.8. The zero-order valence-electron chi connectivity index (χ0n) is 11.3. The summed E-state index contributed by atoms with van der Waals surface area (Å²) >= 11 is 3.39. The van der Waals surface area contributed by atoms with E-state index in [1.54, 1.807) is 0 Å². The molecule has 0 aliphatic rings. The molecule has 0 bridgehead atoms. The van der Waals surface area contributed by atoms with Crippen LogP contribution in [0.4, 0.5) is 5.69 Å². The molecule has 1 atom stereocenters. The molecule has 0 fully saturated rings. The molecule has 4 heteroatoms. The molecular formula is C14H20BrNO2. The van der Waals surface area contributed by atoms with E-state index >= 15 is 0 Å². The number of rotatable bonds is 5. The van der Waals surface area contributed by atoms with Crippen LogP contribution in [0.25, 0.3) is 0 Å². The van der Waals surface area contributed by atoms with Crippen LogP contribution in [0.2, 0.25) is 0 Å². The van der Waals surface area contributed by atoms with Crippen LogP contribution in [-0.2, 0) is 4.79 Å². The molecule has 100 valence electrons. The van der Waals surface area contributed by atoms with E-state index in [1.165, 1.54) is 0 Å². The van der Waals surface area contributed by atoms with Gasteiger partial charge in [0.25, 0.3) is 0 Å². The summed E-state index contributed by atoms with van der Waals surface area (Å²) < 4.78 is 5.53. The lowest BCUT2D eigenvalue weighted by molar-refractivity contribution is -0.116. The molecule has 3 nitrogen and oxygen atoms in total. The number of anilines is 1. The Morgan fingerprint density at radius 2 is 2.11 bits per heavy atom. The van der Waals surface area contributed by atoms with E-state index in [-0.39, 0.29) is 16.7 Å². The number of amides is 1. The van der Waals surface area contributed by atoms with Gasteiger partial charge in [-0.25, -0.2) is 0 Å². The van der Waals surface area contributed by atoms with Crippen molar-refractivity contribution in [3.63, 3.8) is 0 Å². The highest BCUT2D eigenvalue weighted by Gasteiger charge is 2.19. The summed E-state index contributed by atoms with van der Waals surface area (Å²) in [5, 5.41) is 2.89. The van der Waals surface area contributed by atoms with E-state index in [2.05, 4.69) is 21.2 Å². The zero-order valence-corrected chi connectivity index (χ0v) is 12.9. The summed E-state index contributed by atoms with van der Waals surface area (Å²) in [6.07, 6.45) is 0. The van der Waals surface area contributed by atoms with Crippen molar-refractivity contribution < 1.29 is 9.53 Å². The van der Waals surface area contributed by atoms with Gasteiger partial charge in [-0.3, -0.25) is 4.79 Å². The van der Waals surface area contributed by atoms with Crippen molar-refractivity contribution in [1.29, 1.82) is 0 Å². The van der Waals surface area contributed by atoms with Gasteiger partial charge in [0.15, 0.2) is 0 Å². The smallest absolute Gasteiger partial charge is 0.238 e. The van der Waals surface area contributed by atoms with E-state index in [9.17, 15) is 4.79 Å². The fourth-order valence-electron chi connectivity index (χ4n) is 1.51. The van der Waals surface area contributed by atoms with E-state index in [0.29, 0.717) is 12.4 Å². The highest BCUT2D eigenvalue weighted by molar-refractivity contribution is 9.10. The minimum atomic E-state index is -0.201. The number of carbonyl (C=O) groups is 1. The molecule has 0 aliphatic heterocycles. The van der Waals surface area contributed by atoms with Gasteiger partial charge < -0.3 is 10.1 Å². The minimum absolute atomic E-state index is 0.0465. The number of ether oxygens (including phenoxy) is 1. The van der Waals surface area contributed by atoms with Gasteiger partial charge in [0.2, 0.25) is 5.91 Å². The molecule has 0 aliphatic carbocycles. The van der Waals surface area contributed by atoms with Crippen LogP contribution in [0.5, 0.6) is 5.75 Å². The van der Waals surface area contributed by atoms with Crippen molar-refractivity contribution in [1.82, 2.24) is 0 Å². The molecular weight excluding hydrogens is 294 g/mol. The standard InChI is InChI=1S/C14H20BrNO2/c1-5-18-12-8-10(4)6-7-11(12)16-14(17)13(15)9(2)3/h6-9,13H,5H2,1-4H3,(H,16,17). The van der Waals surface area contributed by atoms with E-state index < -0.39 is 0 Å². The highest BCUT2D eigenvalue weighted by Crippen LogP contribution is 2.27. The van der Waals surface area contributed by atoms with Gasteiger partial charge in [-0.15, -0.1) is 0 Å². The van der Waals surface area contributed by atoms with Crippen LogP contribution in [-0.4, -0.2) is 17.3 Å². The number of halogens is 1. The first-order valence-corrected chi connectivity index (χ1v) is 7.05. The van der Waals surface area contributed by atoms with Gasteiger partial charge in [-0.2, -0.15) is 0 Å². The Hall–Kier alpha value is -1.03. The molecule has 1 amide bonds. The Balaban J connectivity index is 2.86. The first kappa shape index (κ1) is 15.0. The Kier molecular flexibility index (Phi) is 5.66. The Bertz CT molecular complexity index is 418. The molecule has 0 saturated carbocycles. The van der Waals surface area contributed by atoms with Gasteiger partial charge in [0.05, 0.1) is 17.1 Å². The van der Waals surface area contributed by atoms with Gasteiger partial charge >= 0.3 is 0 Å². The normalized spacial score (nSPS) is 12.3. The number of carbonyl (C=O) groups excluding carboxylic acids is 1. The van der Waals surface area contributed by atoms with Gasteiger partial charge in [0.1, 0.15) is 5.75 Å². The SMILES string of the molecule is CCOc1cc(C)ccc1NC(=O)C(Br)C(C)C. The number of aryl methyl sites for hydroxylation is 1. The summed E-state index contributed by atoms with van der Waals surface area (Å²) in [7, 11) is 0. The molecule has 1 unspecified atom stereocenters. The fourth-order valence-corrected chi connectivity index (χ4v) is 1.63. The number of nitrogens with one attached hydrogen (secondary N) is 1. The van der Waals surface area contributed by atoms with Gasteiger partial charge in [0, 0.05) is 0 Å². The third kappa shape index (κ3) is 4.02. The maximum atomic E-state index is 12.0. The predicted octanol–water partition coefficient (Wildman–Crippen LogP) is 3.75. The maximum absolute atomic E-state index is 12.0. The molecule has 0 heterocycles. The van der Waals surface area contributed by atoms with E-state index in [1.807, 2.05) is 45.9 Å². The predicted molar refractivity (Wildman–Crippen MR) is 78.5 cm³/mol. The first-order valence-electron chi connectivity index (χ1n) is 6.14. The number of hydrogen-bond donors (Lipinski definition) is 1.